The van der Waals surface area contributed by atoms with E-state index in [0.29, 0.717) is 30.2 Å². The summed E-state index contributed by atoms with van der Waals surface area (Å²) in [6, 6.07) is 0. The van der Waals surface area contributed by atoms with Gasteiger partial charge in [-0.25, -0.2) is 9.49 Å². The summed E-state index contributed by atoms with van der Waals surface area (Å²) in [5, 5.41) is 10.2. The molecule has 3 heterocycles. The van der Waals surface area contributed by atoms with Crippen LogP contribution in [0.5, 0.6) is 0 Å². The van der Waals surface area contributed by atoms with Crippen LogP contribution >= 0.6 is 0 Å². The number of rotatable bonds is 6. The Morgan fingerprint density at radius 2 is 2.16 bits per heavy atom. The first kappa shape index (κ1) is 21.4. The van der Waals surface area contributed by atoms with Crippen molar-refractivity contribution in [3.05, 3.63) is 69.2 Å². The van der Waals surface area contributed by atoms with Gasteiger partial charge in [-0.15, -0.1) is 0 Å². The minimum Gasteiger partial charge on any atom is -0.342 e. The molecule has 2 saturated heterocycles. The Labute approximate surface area is 181 Å². The third kappa shape index (κ3) is 5.10. The van der Waals surface area contributed by atoms with Crippen LogP contribution in [0, 0.1) is 11.8 Å². The molecule has 2 unspecified atom stereocenters. The lowest BCUT2D eigenvalue weighted by molar-refractivity contribution is -0.129. The highest BCUT2D eigenvalue weighted by molar-refractivity contribution is 5.78. The molecule has 31 heavy (non-hydrogen) atoms. The number of aromatic nitrogens is 2. The largest absolute Gasteiger partial charge is 0.342 e. The molecular weight excluding hydrogens is 395 g/mol. The van der Waals surface area contributed by atoms with E-state index in [1.54, 1.807) is 12.2 Å². The van der Waals surface area contributed by atoms with Gasteiger partial charge in [-0.1, -0.05) is 36.5 Å². The van der Waals surface area contributed by atoms with Crippen molar-refractivity contribution in [1.82, 2.24) is 20.4 Å². The second-order valence-corrected chi connectivity index (χ2v) is 8.41. The highest BCUT2D eigenvalue weighted by atomic mass is 19.1. The van der Waals surface area contributed by atoms with Gasteiger partial charge in [0, 0.05) is 31.5 Å². The molecule has 3 aliphatic rings. The third-order valence-electron chi connectivity index (χ3n) is 6.40. The zero-order valence-electron chi connectivity index (χ0n) is 17.6. The minimum absolute atomic E-state index is 0.111. The smallest absolute Gasteiger partial charge is 0.271 e. The number of carbonyl (C=O) groups excluding carboxylic acids is 1. The molecule has 6 nitrogen and oxygen atoms in total. The first-order valence-electron chi connectivity index (χ1n) is 11.0. The maximum absolute atomic E-state index is 12.8. The number of aromatic amines is 1. The van der Waals surface area contributed by atoms with Crippen LogP contribution in [-0.2, 0) is 17.6 Å². The van der Waals surface area contributed by atoms with Crippen LogP contribution in [0.4, 0.5) is 4.39 Å². The van der Waals surface area contributed by atoms with E-state index in [9.17, 15) is 14.0 Å². The number of hydrogen-bond acceptors (Lipinski definition) is 4. The molecule has 4 rings (SSSR count). The highest BCUT2D eigenvalue weighted by Crippen LogP contribution is 2.28. The van der Waals surface area contributed by atoms with Crippen LogP contribution in [0.1, 0.15) is 29.7 Å². The Bertz CT molecular complexity index is 978. The van der Waals surface area contributed by atoms with E-state index in [1.165, 1.54) is 6.08 Å². The lowest BCUT2D eigenvalue weighted by Gasteiger charge is -2.23. The van der Waals surface area contributed by atoms with Crippen molar-refractivity contribution < 1.29 is 9.18 Å². The summed E-state index contributed by atoms with van der Waals surface area (Å²) in [5.41, 5.74) is 2.82. The fraction of sp³-hybridized carbons (Fsp3) is 0.458. The summed E-state index contributed by atoms with van der Waals surface area (Å²) >= 11 is 0. The van der Waals surface area contributed by atoms with Gasteiger partial charge >= 0.3 is 0 Å². The highest BCUT2D eigenvalue weighted by Gasteiger charge is 2.35. The van der Waals surface area contributed by atoms with E-state index in [1.807, 2.05) is 29.2 Å². The molecule has 2 atom stereocenters. The molecule has 0 spiro atoms. The number of hydrogen-bond donors (Lipinski definition) is 2. The molecule has 2 aliphatic heterocycles. The molecule has 0 radical (unpaired) electrons. The summed E-state index contributed by atoms with van der Waals surface area (Å²) in [5.74, 6) is 1.26. The van der Waals surface area contributed by atoms with E-state index in [0.717, 1.165) is 49.4 Å². The molecule has 2 N–H and O–H groups in total. The average Bonchev–Trinajstić information content (AvgIpc) is 3.06. The van der Waals surface area contributed by atoms with Crippen molar-refractivity contribution in [2.75, 3.05) is 32.9 Å². The number of allylic oxidation sites excluding steroid dienone is 6. The molecule has 1 aromatic rings. The summed E-state index contributed by atoms with van der Waals surface area (Å²) in [7, 11) is 0. The van der Waals surface area contributed by atoms with Gasteiger partial charge in [-0.2, -0.15) is 5.10 Å². The van der Waals surface area contributed by atoms with E-state index < -0.39 is 6.67 Å². The van der Waals surface area contributed by atoms with Gasteiger partial charge in [0.1, 0.15) is 6.67 Å². The van der Waals surface area contributed by atoms with Crippen LogP contribution < -0.4 is 10.9 Å². The molecule has 1 aliphatic carbocycles. The summed E-state index contributed by atoms with van der Waals surface area (Å²) in [6.45, 7) is 3.09. The molecule has 1 amide bonds. The van der Waals surface area contributed by atoms with Crippen LogP contribution in [-0.4, -0.2) is 53.9 Å². The lowest BCUT2D eigenvalue weighted by atomic mass is 9.90. The predicted octanol–water partition coefficient (Wildman–Crippen LogP) is 2.35. The van der Waals surface area contributed by atoms with E-state index in [2.05, 4.69) is 15.5 Å². The number of likely N-dealkylation sites (tertiary alicyclic amines) is 1. The molecule has 0 aromatic carbocycles. The lowest BCUT2D eigenvalue weighted by Crippen LogP contribution is -2.35. The topological polar surface area (TPSA) is 78.1 Å². The number of amides is 1. The molecule has 7 heteroatoms. The Morgan fingerprint density at radius 1 is 1.29 bits per heavy atom. The van der Waals surface area contributed by atoms with Gasteiger partial charge in [-0.3, -0.25) is 9.59 Å². The molecule has 2 fully saturated rings. The monoisotopic (exact) mass is 424 g/mol. The SMILES string of the molecule is O=C(C/C=C(\C=C/CF)Cc1n[nH]c(=O)c2c1CC=CC=C2)N1CC2CCNCC2C1. The molecule has 1 aromatic heterocycles. The number of nitrogens with one attached hydrogen (secondary N) is 2. The first-order valence-corrected chi connectivity index (χ1v) is 11.0. The van der Waals surface area contributed by atoms with Crippen molar-refractivity contribution in [3.63, 3.8) is 0 Å². The maximum Gasteiger partial charge on any atom is 0.271 e. The van der Waals surface area contributed by atoms with Gasteiger partial charge in [0.25, 0.3) is 5.56 Å². The standard InChI is InChI=1S/C24H29FN4O2/c25-11-4-5-17(8-9-23(30)29-15-18-10-12-26-14-19(18)16-29)13-22-20-6-2-1-3-7-21(20)24(31)28-27-22/h1-5,7-8,18-19,26H,6,9-16H2,(H,28,31)/b5-4-,17-8+. The van der Waals surface area contributed by atoms with Gasteiger partial charge in [0.2, 0.25) is 5.91 Å². The number of alkyl halides is 1. The van der Waals surface area contributed by atoms with Crippen LogP contribution in [0.25, 0.3) is 6.08 Å². The zero-order valence-corrected chi connectivity index (χ0v) is 17.6. The Balaban J connectivity index is 1.49. The fourth-order valence-electron chi connectivity index (χ4n) is 4.72. The predicted molar refractivity (Wildman–Crippen MR) is 119 cm³/mol. The van der Waals surface area contributed by atoms with Gasteiger partial charge in [-0.05, 0) is 55.0 Å². The number of fused-ring (bicyclic) bond motifs is 2. The quantitative estimate of drug-likeness (QED) is 0.688. The van der Waals surface area contributed by atoms with Crippen molar-refractivity contribution in [2.45, 2.75) is 25.7 Å². The normalized spacial score (nSPS) is 23.1. The Morgan fingerprint density at radius 3 is 3.00 bits per heavy atom. The Kier molecular flexibility index (Phi) is 6.92. The van der Waals surface area contributed by atoms with E-state index >= 15 is 0 Å². The van der Waals surface area contributed by atoms with Crippen LogP contribution in [0.15, 0.2) is 46.8 Å². The van der Waals surface area contributed by atoms with Gasteiger partial charge < -0.3 is 10.2 Å². The van der Waals surface area contributed by atoms with E-state index in [4.69, 9.17) is 0 Å². The number of piperidine rings is 1. The van der Waals surface area contributed by atoms with Crippen molar-refractivity contribution >= 4 is 12.0 Å². The van der Waals surface area contributed by atoms with Gasteiger partial charge in [0.05, 0.1) is 5.69 Å². The Hall–Kier alpha value is -2.80. The number of H-pyrrole nitrogens is 1. The second-order valence-electron chi connectivity index (χ2n) is 8.41. The van der Waals surface area contributed by atoms with Crippen LogP contribution in [0.3, 0.4) is 0 Å². The van der Waals surface area contributed by atoms with Crippen LogP contribution in [0.2, 0.25) is 0 Å². The minimum atomic E-state index is -0.573. The second kappa shape index (κ2) is 10.0. The van der Waals surface area contributed by atoms with Gasteiger partial charge in [0.15, 0.2) is 0 Å². The fourth-order valence-corrected chi connectivity index (χ4v) is 4.72. The number of nitrogens with zero attached hydrogens (tertiary/aromatic N) is 2. The summed E-state index contributed by atoms with van der Waals surface area (Å²) < 4.78 is 12.8. The van der Waals surface area contributed by atoms with Crippen molar-refractivity contribution in [2.24, 2.45) is 11.8 Å². The molecule has 164 valence electrons. The van der Waals surface area contributed by atoms with Crippen molar-refractivity contribution in [3.8, 4) is 0 Å². The maximum atomic E-state index is 12.8. The average molecular weight is 425 g/mol. The zero-order chi connectivity index (χ0) is 21.6. The number of halogens is 1. The summed E-state index contributed by atoms with van der Waals surface area (Å²) in [6.07, 6.45) is 15.0. The van der Waals surface area contributed by atoms with Crippen molar-refractivity contribution in [1.29, 1.82) is 0 Å². The third-order valence-corrected chi connectivity index (χ3v) is 6.40. The first-order chi connectivity index (χ1) is 15.2. The summed E-state index contributed by atoms with van der Waals surface area (Å²) in [4.78, 5) is 27.0. The molecule has 0 saturated carbocycles. The number of carbonyl (C=O) groups is 1. The van der Waals surface area contributed by atoms with E-state index in [-0.39, 0.29) is 17.9 Å². The molecular formula is C24H29FN4O2. The molecule has 0 bridgehead atoms.